The Morgan fingerprint density at radius 1 is 1.37 bits per heavy atom. The molecule has 0 aliphatic carbocycles. The summed E-state index contributed by atoms with van der Waals surface area (Å²) in [6, 6.07) is 7.99. The monoisotopic (exact) mass is 297 g/mol. The zero-order valence-electron chi connectivity index (χ0n) is 9.85. The number of thioether (sulfide) groups is 1. The van der Waals surface area contributed by atoms with E-state index in [-0.39, 0.29) is 11.7 Å². The number of hydrogen-bond acceptors (Lipinski definition) is 5. The van der Waals surface area contributed by atoms with Gasteiger partial charge in [-0.1, -0.05) is 0 Å². The van der Waals surface area contributed by atoms with Crippen molar-refractivity contribution in [3.63, 3.8) is 0 Å². The number of carbonyl (C=O) groups is 1. The quantitative estimate of drug-likeness (QED) is 0.266. The number of nitrogens with one attached hydrogen (secondary N) is 1. The molecule has 2 aromatic rings. The number of nitrogen functional groups attached to an aromatic ring is 2. The highest BCUT2D eigenvalue weighted by Crippen LogP contribution is 2.28. The van der Waals surface area contributed by atoms with Gasteiger partial charge in [-0.15, -0.1) is 23.1 Å². The molecule has 5 N–H and O–H groups in total. The molecule has 0 saturated carbocycles. The Morgan fingerprint density at radius 2 is 2.16 bits per heavy atom. The average molecular weight is 297 g/mol. The van der Waals surface area contributed by atoms with Crippen molar-refractivity contribution in [2.75, 3.05) is 5.73 Å². The van der Waals surface area contributed by atoms with Crippen molar-refractivity contribution in [2.45, 2.75) is 10.6 Å². The highest BCUT2D eigenvalue weighted by molar-refractivity contribution is 7.98. The van der Waals surface area contributed by atoms with Crippen LogP contribution in [0.4, 0.5) is 10.1 Å². The topological polar surface area (TPSA) is 81.1 Å². The minimum Gasteiger partial charge on any atom is -0.399 e. The Morgan fingerprint density at radius 3 is 2.84 bits per heavy atom. The number of benzene rings is 1. The molecule has 0 aliphatic heterocycles. The van der Waals surface area contributed by atoms with Gasteiger partial charge in [0.1, 0.15) is 5.82 Å². The molecule has 0 bridgehead atoms. The number of hydrazine groups is 1. The van der Waals surface area contributed by atoms with Gasteiger partial charge in [0.2, 0.25) is 0 Å². The van der Waals surface area contributed by atoms with Crippen LogP contribution >= 0.6 is 23.1 Å². The molecule has 1 aromatic heterocycles. The molecule has 0 atom stereocenters. The molecule has 0 fully saturated rings. The number of carbonyl (C=O) groups excluding carboxylic acids is 1. The van der Waals surface area contributed by atoms with Gasteiger partial charge in [0.25, 0.3) is 5.91 Å². The van der Waals surface area contributed by atoms with Gasteiger partial charge in [0, 0.05) is 21.2 Å². The highest BCUT2D eigenvalue weighted by atomic mass is 32.2. The third-order valence-corrected chi connectivity index (χ3v) is 4.58. The predicted octanol–water partition coefficient (Wildman–Crippen LogP) is 2.37. The summed E-state index contributed by atoms with van der Waals surface area (Å²) in [5.41, 5.74) is 8.05. The van der Waals surface area contributed by atoms with Crippen molar-refractivity contribution < 1.29 is 9.18 Å². The van der Waals surface area contributed by atoms with Crippen molar-refractivity contribution in [3.8, 4) is 0 Å². The van der Waals surface area contributed by atoms with Crippen molar-refractivity contribution >= 4 is 34.7 Å². The molecule has 1 amide bonds. The first-order chi connectivity index (χ1) is 9.08. The second-order valence-corrected chi connectivity index (χ2v) is 5.97. The Kier molecular flexibility index (Phi) is 4.41. The van der Waals surface area contributed by atoms with Gasteiger partial charge in [-0.3, -0.25) is 10.2 Å². The first kappa shape index (κ1) is 13.9. The summed E-state index contributed by atoms with van der Waals surface area (Å²) >= 11 is 2.82. The van der Waals surface area contributed by atoms with Gasteiger partial charge >= 0.3 is 0 Å². The third kappa shape index (κ3) is 3.69. The Bertz CT molecular complexity index is 580. The standard InChI is InChI=1S/C12H12FN3OS2/c13-7-3-8(14)5-10(4-7)18-6-9-1-2-11(19-9)12(17)16-15/h1-5H,6,14-15H2,(H,16,17). The van der Waals surface area contributed by atoms with Gasteiger partial charge in [0.05, 0.1) is 4.88 Å². The van der Waals surface area contributed by atoms with E-state index >= 15 is 0 Å². The van der Waals surface area contributed by atoms with Crippen LogP contribution in [0.5, 0.6) is 0 Å². The first-order valence-corrected chi connectivity index (χ1v) is 7.17. The normalized spacial score (nSPS) is 10.4. The zero-order valence-corrected chi connectivity index (χ0v) is 11.5. The fourth-order valence-corrected chi connectivity index (χ4v) is 3.41. The summed E-state index contributed by atoms with van der Waals surface area (Å²) in [6.07, 6.45) is 0. The lowest BCUT2D eigenvalue weighted by atomic mass is 10.3. The molecule has 0 radical (unpaired) electrons. The van der Waals surface area contributed by atoms with Crippen LogP contribution in [0.2, 0.25) is 0 Å². The Labute approximate surface area is 118 Å². The molecule has 19 heavy (non-hydrogen) atoms. The first-order valence-electron chi connectivity index (χ1n) is 5.37. The van der Waals surface area contributed by atoms with Crippen LogP contribution in [0.1, 0.15) is 14.5 Å². The van der Waals surface area contributed by atoms with E-state index in [1.807, 2.05) is 6.07 Å². The summed E-state index contributed by atoms with van der Waals surface area (Å²) < 4.78 is 13.2. The number of rotatable bonds is 4. The molecule has 0 unspecified atom stereocenters. The molecule has 4 nitrogen and oxygen atoms in total. The van der Waals surface area contributed by atoms with Crippen LogP contribution in [0.3, 0.4) is 0 Å². The SMILES string of the molecule is NNC(=O)c1ccc(CSc2cc(N)cc(F)c2)s1. The molecular weight excluding hydrogens is 285 g/mol. The fourth-order valence-electron chi connectivity index (χ4n) is 1.47. The van der Waals surface area contributed by atoms with E-state index in [1.165, 1.54) is 35.2 Å². The van der Waals surface area contributed by atoms with Crippen LogP contribution in [-0.4, -0.2) is 5.91 Å². The third-order valence-electron chi connectivity index (χ3n) is 2.29. The predicted molar refractivity (Wildman–Crippen MR) is 76.3 cm³/mol. The van der Waals surface area contributed by atoms with Crippen LogP contribution < -0.4 is 17.0 Å². The van der Waals surface area contributed by atoms with Crippen LogP contribution in [-0.2, 0) is 5.75 Å². The molecule has 0 spiro atoms. The molecule has 0 aliphatic rings. The number of amides is 1. The van der Waals surface area contributed by atoms with E-state index in [0.29, 0.717) is 16.3 Å². The number of hydrogen-bond donors (Lipinski definition) is 3. The van der Waals surface area contributed by atoms with E-state index < -0.39 is 0 Å². The zero-order chi connectivity index (χ0) is 13.8. The molecule has 100 valence electrons. The summed E-state index contributed by atoms with van der Waals surface area (Å²) in [4.78, 5) is 13.6. The largest absolute Gasteiger partial charge is 0.399 e. The minimum absolute atomic E-state index is 0.309. The molecule has 0 saturated heterocycles. The number of thiophene rings is 1. The molecule has 1 heterocycles. The maximum atomic E-state index is 13.2. The van der Waals surface area contributed by atoms with E-state index in [1.54, 1.807) is 12.1 Å². The molecular formula is C12H12FN3OS2. The lowest BCUT2D eigenvalue weighted by Gasteiger charge is -2.02. The van der Waals surface area contributed by atoms with Crippen molar-refractivity contribution in [1.29, 1.82) is 0 Å². The van der Waals surface area contributed by atoms with Crippen molar-refractivity contribution in [2.24, 2.45) is 5.84 Å². The van der Waals surface area contributed by atoms with Crippen molar-refractivity contribution in [3.05, 3.63) is 45.9 Å². The van der Waals surface area contributed by atoms with Crippen molar-refractivity contribution in [1.82, 2.24) is 5.43 Å². The minimum atomic E-state index is -0.350. The summed E-state index contributed by atoms with van der Waals surface area (Å²) in [6.45, 7) is 0. The van der Waals surface area contributed by atoms with Gasteiger partial charge in [0.15, 0.2) is 0 Å². The van der Waals surface area contributed by atoms with Crippen LogP contribution in [0.25, 0.3) is 0 Å². The fraction of sp³-hybridized carbons (Fsp3) is 0.0833. The Balaban J connectivity index is 2.02. The molecule has 1 aromatic carbocycles. The van der Waals surface area contributed by atoms with E-state index in [0.717, 1.165) is 9.77 Å². The van der Waals surface area contributed by atoms with Gasteiger partial charge in [-0.2, -0.15) is 0 Å². The number of nitrogens with two attached hydrogens (primary N) is 2. The van der Waals surface area contributed by atoms with Gasteiger partial charge < -0.3 is 5.73 Å². The van der Waals surface area contributed by atoms with Gasteiger partial charge in [-0.25, -0.2) is 10.2 Å². The van der Waals surface area contributed by atoms with Crippen LogP contribution in [0.15, 0.2) is 35.2 Å². The lowest BCUT2D eigenvalue weighted by molar-refractivity contribution is 0.0957. The van der Waals surface area contributed by atoms with E-state index in [9.17, 15) is 9.18 Å². The second-order valence-electron chi connectivity index (χ2n) is 3.75. The summed E-state index contributed by atoms with van der Waals surface area (Å²) in [7, 11) is 0. The maximum absolute atomic E-state index is 13.2. The van der Waals surface area contributed by atoms with E-state index in [4.69, 9.17) is 11.6 Å². The summed E-state index contributed by atoms with van der Waals surface area (Å²) in [5.74, 6) is 5.04. The number of anilines is 1. The average Bonchev–Trinajstić information content (AvgIpc) is 2.83. The second kappa shape index (κ2) is 6.05. The number of halogens is 1. The maximum Gasteiger partial charge on any atom is 0.275 e. The van der Waals surface area contributed by atoms with Gasteiger partial charge in [-0.05, 0) is 30.3 Å². The lowest BCUT2D eigenvalue weighted by Crippen LogP contribution is -2.29. The highest BCUT2D eigenvalue weighted by Gasteiger charge is 2.08. The molecule has 7 heteroatoms. The summed E-state index contributed by atoms with van der Waals surface area (Å²) in [5, 5.41) is 0. The van der Waals surface area contributed by atoms with E-state index in [2.05, 4.69) is 5.43 Å². The smallest absolute Gasteiger partial charge is 0.275 e. The molecule has 2 rings (SSSR count). The van der Waals surface area contributed by atoms with Crippen LogP contribution in [0, 0.1) is 5.82 Å². The Hall–Kier alpha value is -1.57.